The molecule has 0 heterocycles. The van der Waals surface area contributed by atoms with Gasteiger partial charge in [0.1, 0.15) is 0 Å². The van der Waals surface area contributed by atoms with Gasteiger partial charge in [-0.15, -0.1) is 0 Å². The van der Waals surface area contributed by atoms with Crippen LogP contribution < -0.4 is 0 Å². The number of rotatable bonds is 5. The third-order valence-electron chi connectivity index (χ3n) is 1.55. The van der Waals surface area contributed by atoms with Gasteiger partial charge >= 0.3 is 11.9 Å². The minimum atomic E-state index is -2.09. The Morgan fingerprint density at radius 2 is 2.07 bits per heavy atom. The highest BCUT2D eigenvalue weighted by molar-refractivity contribution is 5.84. The molecule has 0 aromatic carbocycles. The van der Waals surface area contributed by atoms with Gasteiger partial charge < -0.3 is 14.6 Å². The lowest BCUT2D eigenvalue weighted by Crippen LogP contribution is -2.49. The van der Waals surface area contributed by atoms with Gasteiger partial charge in [-0.3, -0.25) is 9.59 Å². The van der Waals surface area contributed by atoms with Gasteiger partial charge in [0.2, 0.25) is 6.10 Å². The Kier molecular flexibility index (Phi) is 4.93. The highest BCUT2D eigenvalue weighted by Gasteiger charge is 2.41. The van der Waals surface area contributed by atoms with Crippen LogP contribution in [0.15, 0.2) is 0 Å². The predicted octanol–water partition coefficient (Wildman–Crippen LogP) is -0.569. The van der Waals surface area contributed by atoms with E-state index in [0.29, 0.717) is 0 Å². The molecule has 0 unspecified atom stereocenters. The van der Waals surface area contributed by atoms with Gasteiger partial charge in [0, 0.05) is 6.92 Å². The Hall–Kier alpha value is -1.43. The third kappa shape index (κ3) is 4.07. The molecule has 0 fully saturated rings. The van der Waals surface area contributed by atoms with Crippen molar-refractivity contribution in [2.45, 2.75) is 32.5 Å². The average Bonchev–Trinajstić information content (AvgIpc) is 2.14. The highest BCUT2D eigenvalue weighted by atomic mass is 16.6. The average molecular weight is 218 g/mol. The summed E-state index contributed by atoms with van der Waals surface area (Å²) >= 11 is 0. The molecule has 15 heavy (non-hydrogen) atoms. The molecule has 1 N–H and O–H groups in total. The summed E-state index contributed by atoms with van der Waals surface area (Å²) < 4.78 is 9.08. The van der Waals surface area contributed by atoms with E-state index in [1.807, 2.05) is 0 Å². The molecule has 0 spiro atoms. The van der Waals surface area contributed by atoms with E-state index in [1.165, 1.54) is 0 Å². The van der Waals surface area contributed by atoms with Crippen LogP contribution in [0.2, 0.25) is 0 Å². The lowest BCUT2D eigenvalue weighted by Gasteiger charge is -2.25. The van der Waals surface area contributed by atoms with Crippen LogP contribution in [0.1, 0.15) is 20.8 Å². The van der Waals surface area contributed by atoms with Crippen LogP contribution in [-0.2, 0) is 23.9 Å². The smallest absolute Gasteiger partial charge is 0.351 e. The Bertz CT molecular complexity index is 257. The van der Waals surface area contributed by atoms with Crippen LogP contribution in [0.3, 0.4) is 0 Å². The van der Waals surface area contributed by atoms with Crippen molar-refractivity contribution >= 4 is 18.2 Å². The van der Waals surface area contributed by atoms with E-state index < -0.39 is 23.6 Å². The van der Waals surface area contributed by atoms with Crippen molar-refractivity contribution in [3.8, 4) is 0 Å². The second kappa shape index (κ2) is 5.45. The van der Waals surface area contributed by atoms with Crippen LogP contribution in [-0.4, -0.2) is 41.6 Å². The number of ether oxygens (including phenoxy) is 2. The van der Waals surface area contributed by atoms with E-state index in [4.69, 9.17) is 0 Å². The van der Waals surface area contributed by atoms with Crippen molar-refractivity contribution in [1.82, 2.24) is 0 Å². The van der Waals surface area contributed by atoms with Crippen LogP contribution in [0.5, 0.6) is 0 Å². The first-order valence-electron chi connectivity index (χ1n) is 4.37. The first kappa shape index (κ1) is 13.6. The number of carbonyl (C=O) groups is 3. The van der Waals surface area contributed by atoms with E-state index in [9.17, 15) is 19.5 Å². The largest absolute Gasteiger partial charge is 0.463 e. The molecule has 86 valence electrons. The molecule has 2 atom stereocenters. The fraction of sp³-hybridized carbons (Fsp3) is 0.667. The Balaban J connectivity index is 4.79. The number of carbonyl (C=O) groups excluding carboxylic acids is 3. The summed E-state index contributed by atoms with van der Waals surface area (Å²) in [5, 5.41) is 9.48. The Morgan fingerprint density at radius 1 is 1.53 bits per heavy atom. The molecule has 0 aromatic heterocycles. The fourth-order valence-corrected chi connectivity index (χ4v) is 0.852. The first-order valence-corrected chi connectivity index (χ1v) is 4.37. The van der Waals surface area contributed by atoms with E-state index in [2.05, 4.69) is 9.47 Å². The first-order chi connectivity index (χ1) is 6.85. The lowest BCUT2D eigenvalue weighted by molar-refractivity contribution is -0.183. The maximum atomic E-state index is 11.3. The zero-order valence-corrected chi connectivity index (χ0v) is 8.85. The quantitative estimate of drug-likeness (QED) is 0.491. The maximum absolute atomic E-state index is 11.3. The molecule has 0 bridgehead atoms. The van der Waals surface area contributed by atoms with Crippen molar-refractivity contribution < 1.29 is 29.0 Å². The molecular formula is C9H14O6. The summed E-state index contributed by atoms with van der Waals surface area (Å²) in [6.07, 6.45) is -1.51. The summed E-state index contributed by atoms with van der Waals surface area (Å²) in [5.41, 5.74) is -2.09. The van der Waals surface area contributed by atoms with Gasteiger partial charge in [-0.25, -0.2) is 4.79 Å². The molecule has 0 aliphatic carbocycles. The van der Waals surface area contributed by atoms with E-state index in [1.54, 1.807) is 6.92 Å². The van der Waals surface area contributed by atoms with Crippen molar-refractivity contribution in [3.63, 3.8) is 0 Å². The standard InChI is InChI=1S/C9H14O6/c1-4-14-8(12)7(15-6(2)11)9(3,13)5-10/h5,7,13H,4H2,1-3H3/t7-,9-/m1/s1. The van der Waals surface area contributed by atoms with Gasteiger partial charge in [0.05, 0.1) is 6.61 Å². The minimum Gasteiger partial charge on any atom is -0.463 e. The van der Waals surface area contributed by atoms with Gasteiger partial charge in [0.15, 0.2) is 11.9 Å². The molecule has 0 aliphatic rings. The normalized spacial score (nSPS) is 16.0. The van der Waals surface area contributed by atoms with Gasteiger partial charge in [-0.1, -0.05) is 0 Å². The van der Waals surface area contributed by atoms with Crippen LogP contribution in [0, 0.1) is 0 Å². The molecule has 0 aliphatic heterocycles. The zero-order valence-electron chi connectivity index (χ0n) is 8.85. The molecule has 0 rings (SSSR count). The summed E-state index contributed by atoms with van der Waals surface area (Å²) in [6.45, 7) is 3.74. The van der Waals surface area contributed by atoms with E-state index >= 15 is 0 Å². The Labute approximate surface area is 87.2 Å². The molecule has 6 heteroatoms. The van der Waals surface area contributed by atoms with Crippen molar-refractivity contribution in [3.05, 3.63) is 0 Å². The van der Waals surface area contributed by atoms with Crippen molar-refractivity contribution in [2.75, 3.05) is 6.61 Å². The summed E-state index contributed by atoms with van der Waals surface area (Å²) in [7, 11) is 0. The van der Waals surface area contributed by atoms with Gasteiger partial charge in [-0.05, 0) is 13.8 Å². The fourth-order valence-electron chi connectivity index (χ4n) is 0.852. The molecule has 0 radical (unpaired) electrons. The zero-order chi connectivity index (χ0) is 12.1. The topological polar surface area (TPSA) is 89.9 Å². The Morgan fingerprint density at radius 3 is 2.40 bits per heavy atom. The van der Waals surface area contributed by atoms with Crippen LogP contribution >= 0.6 is 0 Å². The summed E-state index contributed by atoms with van der Waals surface area (Å²) in [6, 6.07) is 0. The number of esters is 2. The van der Waals surface area contributed by atoms with Crippen LogP contribution in [0.4, 0.5) is 0 Å². The third-order valence-corrected chi connectivity index (χ3v) is 1.55. The molecule has 0 saturated heterocycles. The predicted molar refractivity (Wildman–Crippen MR) is 48.9 cm³/mol. The number of hydrogen-bond acceptors (Lipinski definition) is 6. The molecule has 0 aromatic rings. The van der Waals surface area contributed by atoms with Crippen molar-refractivity contribution in [1.29, 1.82) is 0 Å². The van der Waals surface area contributed by atoms with E-state index in [-0.39, 0.29) is 12.9 Å². The van der Waals surface area contributed by atoms with E-state index in [0.717, 1.165) is 13.8 Å². The maximum Gasteiger partial charge on any atom is 0.351 e. The van der Waals surface area contributed by atoms with Gasteiger partial charge in [0.25, 0.3) is 0 Å². The molecular weight excluding hydrogens is 204 g/mol. The number of hydrogen-bond donors (Lipinski definition) is 1. The number of aldehydes is 1. The molecule has 6 nitrogen and oxygen atoms in total. The van der Waals surface area contributed by atoms with Gasteiger partial charge in [-0.2, -0.15) is 0 Å². The summed E-state index contributed by atoms with van der Waals surface area (Å²) in [4.78, 5) is 32.4. The monoisotopic (exact) mass is 218 g/mol. The second-order valence-corrected chi connectivity index (χ2v) is 3.09. The lowest BCUT2D eigenvalue weighted by atomic mass is 10.0. The molecule has 0 amide bonds. The van der Waals surface area contributed by atoms with Crippen LogP contribution in [0.25, 0.3) is 0 Å². The molecule has 0 saturated carbocycles. The minimum absolute atomic E-state index is 0.0610. The number of aliphatic hydroxyl groups is 1. The SMILES string of the molecule is CCOC(=O)[C@@H](OC(C)=O)[C@](C)(O)C=O. The summed E-state index contributed by atoms with van der Waals surface area (Å²) in [5.74, 6) is -1.74. The highest BCUT2D eigenvalue weighted by Crippen LogP contribution is 2.13. The second-order valence-electron chi connectivity index (χ2n) is 3.09. The van der Waals surface area contributed by atoms with Crippen molar-refractivity contribution in [2.24, 2.45) is 0 Å².